The molecule has 1 heterocycles. The monoisotopic (exact) mass is 330 g/mol. The molecule has 1 aromatic rings. The van der Waals surface area contributed by atoms with Gasteiger partial charge in [0.05, 0.1) is 0 Å². The molecule has 0 bridgehead atoms. The fourth-order valence-corrected chi connectivity index (χ4v) is 2.68. The van der Waals surface area contributed by atoms with Crippen molar-refractivity contribution >= 4 is 23.5 Å². The molecule has 1 aliphatic rings. The van der Waals surface area contributed by atoms with E-state index in [4.69, 9.17) is 5.11 Å². The fraction of sp³-hybridized carbons (Fsp3) is 0.389. The largest absolute Gasteiger partial charge is 0.481 e. The Morgan fingerprint density at radius 2 is 1.75 bits per heavy atom. The van der Waals surface area contributed by atoms with Crippen molar-refractivity contribution in [1.82, 2.24) is 10.2 Å². The Morgan fingerprint density at radius 3 is 2.42 bits per heavy atom. The minimum Gasteiger partial charge on any atom is -0.481 e. The average Bonchev–Trinajstić information content (AvgIpc) is 2.79. The Kier molecular flexibility index (Phi) is 6.12. The lowest BCUT2D eigenvalue weighted by Gasteiger charge is -2.16. The first-order valence-electron chi connectivity index (χ1n) is 8.09. The van der Waals surface area contributed by atoms with Crippen LogP contribution in [0.4, 0.5) is 0 Å². The molecular weight excluding hydrogens is 308 g/mol. The number of hydrogen-bond acceptors (Lipinski definition) is 3. The number of hydrogen-bond donors (Lipinski definition) is 2. The minimum atomic E-state index is -0.778. The first-order valence-corrected chi connectivity index (χ1v) is 8.09. The van der Waals surface area contributed by atoms with E-state index >= 15 is 0 Å². The summed E-state index contributed by atoms with van der Waals surface area (Å²) in [5, 5.41) is 11.3. The number of amides is 2. The van der Waals surface area contributed by atoms with Crippen LogP contribution in [0.2, 0.25) is 0 Å². The molecule has 0 radical (unpaired) electrons. The van der Waals surface area contributed by atoms with E-state index in [-0.39, 0.29) is 24.8 Å². The van der Waals surface area contributed by atoms with Gasteiger partial charge in [0, 0.05) is 29.8 Å². The Morgan fingerprint density at radius 1 is 1.08 bits per heavy atom. The van der Waals surface area contributed by atoms with Crippen molar-refractivity contribution in [3.8, 4) is 0 Å². The molecule has 1 aromatic carbocycles. The molecule has 2 N–H and O–H groups in total. The van der Waals surface area contributed by atoms with Crippen molar-refractivity contribution in [2.24, 2.45) is 0 Å². The molecule has 2 amide bonds. The molecule has 0 aliphatic carbocycles. The van der Waals surface area contributed by atoms with Gasteiger partial charge in [-0.05, 0) is 18.9 Å². The summed E-state index contributed by atoms with van der Waals surface area (Å²) in [6.07, 6.45) is 3.34. The molecule has 0 spiro atoms. The third-order valence-electron chi connectivity index (χ3n) is 3.98. The number of carboxylic acid groups (broad SMARTS) is 1. The van der Waals surface area contributed by atoms with Gasteiger partial charge in [-0.15, -0.1) is 0 Å². The Labute approximate surface area is 141 Å². The third-order valence-corrected chi connectivity index (χ3v) is 3.98. The molecule has 6 nitrogen and oxygen atoms in total. The zero-order valence-corrected chi connectivity index (χ0v) is 13.6. The number of aliphatic carboxylic acids is 1. The van der Waals surface area contributed by atoms with Gasteiger partial charge in [-0.3, -0.25) is 19.3 Å². The number of fused-ring (bicyclic) bond motifs is 1. The van der Waals surface area contributed by atoms with Gasteiger partial charge in [-0.2, -0.15) is 0 Å². The molecule has 24 heavy (non-hydrogen) atoms. The minimum absolute atomic E-state index is 0.0363. The average molecular weight is 330 g/mol. The third kappa shape index (κ3) is 4.44. The van der Waals surface area contributed by atoms with E-state index in [1.54, 1.807) is 12.1 Å². The van der Waals surface area contributed by atoms with Gasteiger partial charge in [0.1, 0.15) is 6.54 Å². The van der Waals surface area contributed by atoms with Crippen LogP contribution in [0, 0.1) is 0 Å². The topological polar surface area (TPSA) is 86.7 Å². The maximum absolute atomic E-state index is 12.3. The summed E-state index contributed by atoms with van der Waals surface area (Å²) in [7, 11) is 0. The lowest BCUT2D eigenvalue weighted by molar-refractivity contribution is -0.137. The maximum atomic E-state index is 12.3. The zero-order chi connectivity index (χ0) is 17.5. The van der Waals surface area contributed by atoms with Crippen LogP contribution in [0.15, 0.2) is 30.8 Å². The number of nitrogens with one attached hydrogen (secondary N) is 1. The number of unbranched alkanes of at least 4 members (excludes halogenated alkanes) is 3. The Bertz CT molecular complexity index is 619. The molecular formula is C18H22N2O4. The lowest BCUT2D eigenvalue weighted by Crippen LogP contribution is -2.37. The zero-order valence-electron chi connectivity index (χ0n) is 13.6. The van der Waals surface area contributed by atoms with Gasteiger partial charge in [0.2, 0.25) is 5.91 Å². The smallest absolute Gasteiger partial charge is 0.303 e. The van der Waals surface area contributed by atoms with Crippen LogP contribution in [-0.4, -0.2) is 40.9 Å². The second kappa shape index (κ2) is 8.29. The van der Waals surface area contributed by atoms with Crippen LogP contribution < -0.4 is 5.32 Å². The lowest BCUT2D eigenvalue weighted by atomic mass is 10.1. The summed E-state index contributed by atoms with van der Waals surface area (Å²) < 4.78 is 0. The predicted molar refractivity (Wildman–Crippen MR) is 90.2 cm³/mol. The number of carbonyl (C=O) groups is 3. The van der Waals surface area contributed by atoms with Gasteiger partial charge in [-0.1, -0.05) is 37.6 Å². The van der Waals surface area contributed by atoms with E-state index in [2.05, 4.69) is 11.9 Å². The Hall–Kier alpha value is -2.63. The van der Waals surface area contributed by atoms with E-state index in [0.29, 0.717) is 24.2 Å². The molecule has 2 rings (SSSR count). The maximum Gasteiger partial charge on any atom is 0.303 e. The van der Waals surface area contributed by atoms with Gasteiger partial charge >= 0.3 is 5.97 Å². The summed E-state index contributed by atoms with van der Waals surface area (Å²) in [5.74, 6) is -1.19. The van der Waals surface area contributed by atoms with Gasteiger partial charge in [0.25, 0.3) is 5.91 Å². The van der Waals surface area contributed by atoms with Gasteiger partial charge in [0.15, 0.2) is 0 Å². The van der Waals surface area contributed by atoms with Gasteiger partial charge in [-0.25, -0.2) is 0 Å². The molecule has 0 atom stereocenters. The quantitative estimate of drug-likeness (QED) is 0.680. The number of rotatable bonds is 9. The van der Waals surface area contributed by atoms with Crippen LogP contribution in [0.25, 0.3) is 5.70 Å². The van der Waals surface area contributed by atoms with Crippen molar-refractivity contribution in [3.05, 3.63) is 42.0 Å². The van der Waals surface area contributed by atoms with Crippen LogP contribution >= 0.6 is 0 Å². The SMILES string of the molecule is C=C1c2ccccc2C(=O)N1CC(=O)NCCCCCCC(=O)O. The van der Waals surface area contributed by atoms with Crippen molar-refractivity contribution in [2.75, 3.05) is 13.1 Å². The van der Waals surface area contributed by atoms with Crippen LogP contribution in [0.5, 0.6) is 0 Å². The molecule has 128 valence electrons. The van der Waals surface area contributed by atoms with E-state index < -0.39 is 5.97 Å². The molecule has 0 unspecified atom stereocenters. The highest BCUT2D eigenvalue weighted by molar-refractivity contribution is 6.10. The van der Waals surface area contributed by atoms with E-state index in [1.165, 1.54) is 4.90 Å². The molecule has 0 saturated carbocycles. The van der Waals surface area contributed by atoms with Crippen LogP contribution in [0.1, 0.15) is 48.0 Å². The highest BCUT2D eigenvalue weighted by atomic mass is 16.4. The van der Waals surface area contributed by atoms with Gasteiger partial charge < -0.3 is 10.4 Å². The fourth-order valence-electron chi connectivity index (χ4n) is 2.68. The summed E-state index contributed by atoms with van der Waals surface area (Å²) in [5.41, 5.74) is 1.90. The first kappa shape index (κ1) is 17.7. The van der Waals surface area contributed by atoms with Crippen molar-refractivity contribution in [1.29, 1.82) is 0 Å². The van der Waals surface area contributed by atoms with Crippen LogP contribution in [0.3, 0.4) is 0 Å². The van der Waals surface area contributed by atoms with Crippen molar-refractivity contribution in [2.45, 2.75) is 32.1 Å². The molecule has 1 aliphatic heterocycles. The van der Waals surface area contributed by atoms with Crippen LogP contribution in [-0.2, 0) is 9.59 Å². The summed E-state index contributed by atoms with van der Waals surface area (Å²) in [6, 6.07) is 7.19. The van der Waals surface area contributed by atoms with E-state index in [1.807, 2.05) is 12.1 Å². The highest BCUT2D eigenvalue weighted by Crippen LogP contribution is 2.30. The van der Waals surface area contributed by atoms with E-state index in [0.717, 1.165) is 24.8 Å². The summed E-state index contributed by atoms with van der Waals surface area (Å²) in [6.45, 7) is 4.39. The number of benzene rings is 1. The molecule has 0 saturated heterocycles. The number of nitrogens with zero attached hydrogens (tertiary/aromatic N) is 1. The first-order chi connectivity index (χ1) is 11.5. The van der Waals surface area contributed by atoms with Crippen molar-refractivity contribution < 1.29 is 19.5 Å². The number of carboxylic acids is 1. The normalized spacial score (nSPS) is 13.1. The molecule has 0 aromatic heterocycles. The summed E-state index contributed by atoms with van der Waals surface area (Å²) in [4.78, 5) is 36.1. The Balaban J connectivity index is 1.69. The molecule has 0 fully saturated rings. The van der Waals surface area contributed by atoms with Crippen molar-refractivity contribution in [3.63, 3.8) is 0 Å². The predicted octanol–water partition coefficient (Wildman–Crippen LogP) is 2.26. The van der Waals surface area contributed by atoms with E-state index in [9.17, 15) is 14.4 Å². The summed E-state index contributed by atoms with van der Waals surface area (Å²) >= 11 is 0. The standard InChI is InChI=1S/C18H22N2O4/c1-13-14-8-5-6-9-15(14)18(24)20(13)12-16(21)19-11-7-3-2-4-10-17(22)23/h5-6,8-9H,1-4,7,10-12H2,(H,19,21)(H,22,23). The second-order valence-electron chi connectivity index (χ2n) is 5.79. The number of carbonyl (C=O) groups excluding carboxylic acids is 2. The molecule has 6 heteroatoms. The highest BCUT2D eigenvalue weighted by Gasteiger charge is 2.31. The second-order valence-corrected chi connectivity index (χ2v) is 5.79.